The van der Waals surface area contributed by atoms with Gasteiger partial charge in [0.25, 0.3) is 0 Å². The van der Waals surface area contributed by atoms with Gasteiger partial charge in [-0.25, -0.2) is 4.98 Å². The van der Waals surface area contributed by atoms with Crippen molar-refractivity contribution in [2.45, 2.75) is 32.2 Å². The molecule has 0 fully saturated rings. The van der Waals surface area contributed by atoms with Gasteiger partial charge in [0, 0.05) is 17.7 Å². The molecule has 0 amide bonds. The summed E-state index contributed by atoms with van der Waals surface area (Å²) in [5.74, 6) is 1.09. The number of Topliss-reactive ketones (excluding diaryl/α,β-unsaturated/α-hetero) is 1. The molecule has 0 bridgehead atoms. The Balaban J connectivity index is 1.85. The number of hydrogen-bond donors (Lipinski definition) is 1. The summed E-state index contributed by atoms with van der Waals surface area (Å²) < 4.78 is 2.19. The SMILES string of the molecule is Cc1ccccc1C1C2=C(CCCC2=O)Nc2nc3ccccc3n21. The molecule has 1 atom stereocenters. The van der Waals surface area contributed by atoms with E-state index < -0.39 is 0 Å². The number of imidazole rings is 1. The first-order chi connectivity index (χ1) is 12.2. The average Bonchev–Trinajstić information content (AvgIpc) is 2.99. The lowest BCUT2D eigenvalue weighted by atomic mass is 9.84. The number of allylic oxidation sites excluding steroid dienone is 2. The number of benzene rings is 2. The number of hydrogen-bond acceptors (Lipinski definition) is 3. The summed E-state index contributed by atoms with van der Waals surface area (Å²) in [5.41, 5.74) is 6.35. The molecule has 4 heteroatoms. The number of para-hydroxylation sites is 2. The van der Waals surface area contributed by atoms with Crippen LogP contribution in [0, 0.1) is 6.92 Å². The van der Waals surface area contributed by atoms with E-state index in [0.29, 0.717) is 6.42 Å². The number of rotatable bonds is 1. The lowest BCUT2D eigenvalue weighted by molar-refractivity contribution is -0.116. The molecule has 0 saturated heterocycles. The van der Waals surface area contributed by atoms with Crippen LogP contribution in [0.5, 0.6) is 0 Å². The van der Waals surface area contributed by atoms with Gasteiger partial charge in [0.2, 0.25) is 5.95 Å². The zero-order valence-electron chi connectivity index (χ0n) is 14.1. The smallest absolute Gasteiger partial charge is 0.209 e. The Kier molecular flexibility index (Phi) is 3.07. The van der Waals surface area contributed by atoms with E-state index in [2.05, 4.69) is 41.1 Å². The third kappa shape index (κ3) is 2.07. The molecule has 3 aromatic rings. The summed E-state index contributed by atoms with van der Waals surface area (Å²) >= 11 is 0. The van der Waals surface area contributed by atoms with Crippen LogP contribution in [0.4, 0.5) is 5.95 Å². The molecule has 1 aliphatic heterocycles. The molecule has 1 N–H and O–H groups in total. The molecule has 25 heavy (non-hydrogen) atoms. The minimum atomic E-state index is -0.104. The fourth-order valence-electron chi connectivity index (χ4n) is 4.16. The third-order valence-electron chi connectivity index (χ3n) is 5.33. The van der Waals surface area contributed by atoms with Crippen LogP contribution in [-0.2, 0) is 4.79 Å². The van der Waals surface area contributed by atoms with E-state index in [1.165, 1.54) is 11.1 Å². The second-order valence-electron chi connectivity index (χ2n) is 6.85. The number of nitrogens with one attached hydrogen (secondary N) is 1. The number of fused-ring (bicyclic) bond motifs is 3. The molecule has 2 aliphatic rings. The maximum absolute atomic E-state index is 12.9. The lowest BCUT2D eigenvalue weighted by Gasteiger charge is -2.34. The van der Waals surface area contributed by atoms with Crippen LogP contribution in [0.1, 0.15) is 36.4 Å². The van der Waals surface area contributed by atoms with E-state index in [-0.39, 0.29) is 11.8 Å². The Labute approximate surface area is 146 Å². The second-order valence-corrected chi connectivity index (χ2v) is 6.85. The third-order valence-corrected chi connectivity index (χ3v) is 5.33. The number of ketones is 1. The number of anilines is 1. The quantitative estimate of drug-likeness (QED) is 0.721. The van der Waals surface area contributed by atoms with Crippen LogP contribution in [0.25, 0.3) is 11.0 Å². The highest BCUT2D eigenvalue weighted by atomic mass is 16.1. The molecular weight excluding hydrogens is 310 g/mol. The van der Waals surface area contributed by atoms with Crippen LogP contribution in [0.2, 0.25) is 0 Å². The zero-order valence-corrected chi connectivity index (χ0v) is 14.1. The van der Waals surface area contributed by atoms with Crippen LogP contribution < -0.4 is 5.32 Å². The van der Waals surface area contributed by atoms with E-state index in [1.54, 1.807) is 0 Å². The molecule has 0 saturated carbocycles. The average molecular weight is 329 g/mol. The molecule has 0 spiro atoms. The van der Waals surface area contributed by atoms with Gasteiger partial charge in [-0.2, -0.15) is 0 Å². The Morgan fingerprint density at radius 1 is 1.08 bits per heavy atom. The topological polar surface area (TPSA) is 46.9 Å². The van der Waals surface area contributed by atoms with Gasteiger partial charge >= 0.3 is 0 Å². The number of nitrogens with zero attached hydrogens (tertiary/aromatic N) is 2. The number of aromatic nitrogens is 2. The second kappa shape index (κ2) is 5.31. The van der Waals surface area contributed by atoms with Gasteiger partial charge in [-0.05, 0) is 43.0 Å². The molecule has 5 rings (SSSR count). The predicted octanol–water partition coefficient (Wildman–Crippen LogP) is 4.37. The molecule has 1 unspecified atom stereocenters. The Morgan fingerprint density at radius 3 is 2.76 bits per heavy atom. The highest BCUT2D eigenvalue weighted by Gasteiger charge is 2.36. The largest absolute Gasteiger partial charge is 0.329 e. The van der Waals surface area contributed by atoms with E-state index in [9.17, 15) is 4.79 Å². The van der Waals surface area contributed by atoms with Gasteiger partial charge in [0.1, 0.15) is 0 Å². The predicted molar refractivity (Wildman–Crippen MR) is 98.6 cm³/mol. The van der Waals surface area contributed by atoms with E-state index in [1.807, 2.05) is 24.3 Å². The standard InChI is InChI=1S/C21H19N3O/c1-13-7-2-3-8-14(13)20-19-16(10-6-12-18(19)25)23-21-22-15-9-4-5-11-17(15)24(20)21/h2-5,7-9,11,20H,6,10,12H2,1H3,(H,22,23). The molecule has 1 aromatic heterocycles. The molecule has 4 nitrogen and oxygen atoms in total. The van der Waals surface area contributed by atoms with Crippen molar-refractivity contribution in [3.05, 3.63) is 70.9 Å². The van der Waals surface area contributed by atoms with Crippen molar-refractivity contribution < 1.29 is 4.79 Å². The van der Waals surface area contributed by atoms with Crippen LogP contribution in [-0.4, -0.2) is 15.3 Å². The minimum absolute atomic E-state index is 0.104. The summed E-state index contributed by atoms with van der Waals surface area (Å²) in [6.45, 7) is 2.11. The highest BCUT2D eigenvalue weighted by Crippen LogP contribution is 2.43. The molecule has 0 radical (unpaired) electrons. The van der Waals surface area contributed by atoms with Gasteiger partial charge in [-0.1, -0.05) is 36.4 Å². The van der Waals surface area contributed by atoms with E-state index >= 15 is 0 Å². The van der Waals surface area contributed by atoms with Crippen LogP contribution in [0.15, 0.2) is 59.8 Å². The van der Waals surface area contributed by atoms with Crippen molar-refractivity contribution in [2.75, 3.05) is 5.32 Å². The van der Waals surface area contributed by atoms with Crippen molar-refractivity contribution in [1.29, 1.82) is 0 Å². The number of aryl methyl sites for hydroxylation is 1. The normalized spacial score (nSPS) is 19.6. The summed E-state index contributed by atoms with van der Waals surface area (Å²) in [5, 5.41) is 3.45. The Hall–Kier alpha value is -2.88. The molecule has 2 heterocycles. The molecule has 124 valence electrons. The highest BCUT2D eigenvalue weighted by molar-refractivity contribution is 6.00. The fraction of sp³-hybridized carbons (Fsp3) is 0.238. The number of carbonyl (C=O) groups is 1. The Bertz CT molecular complexity index is 1040. The van der Waals surface area contributed by atoms with Gasteiger partial charge < -0.3 is 5.32 Å². The van der Waals surface area contributed by atoms with Crippen molar-refractivity contribution >= 4 is 22.8 Å². The molecular formula is C21H19N3O. The van der Waals surface area contributed by atoms with Gasteiger partial charge in [0.05, 0.1) is 17.1 Å². The first-order valence-corrected chi connectivity index (χ1v) is 8.80. The van der Waals surface area contributed by atoms with Crippen LogP contribution >= 0.6 is 0 Å². The molecule has 2 aromatic carbocycles. The van der Waals surface area contributed by atoms with Crippen molar-refractivity contribution in [3.63, 3.8) is 0 Å². The monoisotopic (exact) mass is 329 g/mol. The number of carbonyl (C=O) groups excluding carboxylic acids is 1. The fourth-order valence-corrected chi connectivity index (χ4v) is 4.16. The maximum Gasteiger partial charge on any atom is 0.209 e. The van der Waals surface area contributed by atoms with E-state index in [4.69, 9.17) is 4.98 Å². The first-order valence-electron chi connectivity index (χ1n) is 8.80. The summed E-state index contributed by atoms with van der Waals surface area (Å²) in [6.07, 6.45) is 2.45. The Morgan fingerprint density at radius 2 is 1.88 bits per heavy atom. The van der Waals surface area contributed by atoms with Crippen LogP contribution in [0.3, 0.4) is 0 Å². The zero-order chi connectivity index (χ0) is 17.0. The lowest BCUT2D eigenvalue weighted by Crippen LogP contribution is -2.31. The van der Waals surface area contributed by atoms with Crippen molar-refractivity contribution in [3.8, 4) is 0 Å². The summed E-state index contributed by atoms with van der Waals surface area (Å²) in [6, 6.07) is 16.4. The van der Waals surface area contributed by atoms with Gasteiger partial charge in [-0.15, -0.1) is 0 Å². The first kappa shape index (κ1) is 14.5. The summed E-state index contributed by atoms with van der Waals surface area (Å²) in [7, 11) is 0. The van der Waals surface area contributed by atoms with Gasteiger partial charge in [0.15, 0.2) is 5.78 Å². The maximum atomic E-state index is 12.9. The van der Waals surface area contributed by atoms with Gasteiger partial charge in [-0.3, -0.25) is 9.36 Å². The molecule has 1 aliphatic carbocycles. The van der Waals surface area contributed by atoms with E-state index in [0.717, 1.165) is 41.1 Å². The van der Waals surface area contributed by atoms with Crippen molar-refractivity contribution in [1.82, 2.24) is 9.55 Å². The minimum Gasteiger partial charge on any atom is -0.329 e. The summed E-state index contributed by atoms with van der Waals surface area (Å²) in [4.78, 5) is 17.6. The van der Waals surface area contributed by atoms with Crippen molar-refractivity contribution in [2.24, 2.45) is 0 Å².